The molecule has 6 nitrogen and oxygen atoms in total. The van der Waals surface area contributed by atoms with Crippen LogP contribution in [0.1, 0.15) is 21.1 Å². The van der Waals surface area contributed by atoms with E-state index in [9.17, 15) is 4.79 Å². The van der Waals surface area contributed by atoms with Crippen LogP contribution in [0.4, 0.5) is 5.82 Å². The molecule has 0 unspecified atom stereocenters. The number of nitrogens with zero attached hydrogens (tertiary/aromatic N) is 3. The third-order valence-corrected chi connectivity index (χ3v) is 3.24. The lowest BCUT2D eigenvalue weighted by Crippen LogP contribution is -2.08. The van der Waals surface area contributed by atoms with Gasteiger partial charge in [0.2, 0.25) is 0 Å². The van der Waals surface area contributed by atoms with Crippen LogP contribution < -0.4 is 5.32 Å². The molecule has 0 bridgehead atoms. The van der Waals surface area contributed by atoms with Crippen LogP contribution in [0.2, 0.25) is 0 Å². The maximum absolute atomic E-state index is 11.3. The fourth-order valence-corrected chi connectivity index (χ4v) is 2.04. The van der Waals surface area contributed by atoms with Crippen LogP contribution in [-0.4, -0.2) is 28.0 Å². The van der Waals surface area contributed by atoms with Crippen LogP contribution in [-0.2, 0) is 11.3 Å². The summed E-state index contributed by atoms with van der Waals surface area (Å²) in [5.41, 5.74) is 2.97. The lowest BCUT2D eigenvalue weighted by molar-refractivity contribution is 0.0593. The fourth-order valence-electron chi connectivity index (χ4n) is 1.32. The SMILES string of the molecule is COC(=O)c1cncc(NCc2scnc2C)n1. The molecule has 1 N–H and O–H groups in total. The minimum atomic E-state index is -0.500. The summed E-state index contributed by atoms with van der Waals surface area (Å²) in [5.74, 6) is 0.0332. The van der Waals surface area contributed by atoms with Crippen molar-refractivity contribution in [3.05, 3.63) is 34.2 Å². The van der Waals surface area contributed by atoms with Gasteiger partial charge in [-0.25, -0.2) is 14.8 Å². The highest BCUT2D eigenvalue weighted by molar-refractivity contribution is 7.09. The summed E-state index contributed by atoms with van der Waals surface area (Å²) in [7, 11) is 1.31. The second kappa shape index (κ2) is 5.54. The maximum atomic E-state index is 11.3. The highest BCUT2D eigenvalue weighted by Gasteiger charge is 2.08. The lowest BCUT2D eigenvalue weighted by atomic mass is 10.4. The summed E-state index contributed by atoms with van der Waals surface area (Å²) >= 11 is 1.57. The molecule has 0 amide bonds. The molecule has 0 fully saturated rings. The zero-order chi connectivity index (χ0) is 13.0. The van der Waals surface area contributed by atoms with E-state index in [0.29, 0.717) is 12.4 Å². The van der Waals surface area contributed by atoms with E-state index in [1.165, 1.54) is 13.3 Å². The number of hydrogen-bond donors (Lipinski definition) is 1. The smallest absolute Gasteiger partial charge is 0.358 e. The number of nitrogens with one attached hydrogen (secondary N) is 1. The Bertz CT molecular complexity index is 555. The van der Waals surface area contributed by atoms with Crippen molar-refractivity contribution in [2.75, 3.05) is 12.4 Å². The molecular weight excluding hydrogens is 252 g/mol. The molecule has 0 aliphatic rings. The predicted octanol–water partition coefficient (Wildman–Crippen LogP) is 1.64. The van der Waals surface area contributed by atoms with Crippen molar-refractivity contribution in [3.63, 3.8) is 0 Å². The molecule has 0 radical (unpaired) electrons. The summed E-state index contributed by atoms with van der Waals surface area (Å²) in [6.07, 6.45) is 2.93. The summed E-state index contributed by atoms with van der Waals surface area (Å²) in [4.78, 5) is 24.6. The number of thiazole rings is 1. The number of esters is 1. The molecule has 7 heteroatoms. The van der Waals surface area contributed by atoms with Gasteiger partial charge >= 0.3 is 5.97 Å². The standard InChI is InChI=1S/C11H12N4O2S/c1-7-9(18-6-14-7)4-13-10-5-12-3-8(15-10)11(16)17-2/h3,5-6H,4H2,1-2H3,(H,13,15). The molecule has 0 spiro atoms. The van der Waals surface area contributed by atoms with Crippen LogP contribution in [0, 0.1) is 6.92 Å². The van der Waals surface area contributed by atoms with Crippen molar-refractivity contribution in [3.8, 4) is 0 Å². The van der Waals surface area contributed by atoms with E-state index >= 15 is 0 Å². The van der Waals surface area contributed by atoms with Crippen molar-refractivity contribution in [1.29, 1.82) is 0 Å². The van der Waals surface area contributed by atoms with Gasteiger partial charge in [-0.2, -0.15) is 0 Å². The third kappa shape index (κ3) is 2.80. The predicted molar refractivity (Wildman–Crippen MR) is 67.5 cm³/mol. The van der Waals surface area contributed by atoms with E-state index in [1.807, 2.05) is 6.92 Å². The van der Waals surface area contributed by atoms with Crippen molar-refractivity contribution in [1.82, 2.24) is 15.0 Å². The fraction of sp³-hybridized carbons (Fsp3) is 0.273. The number of aryl methyl sites for hydroxylation is 1. The molecule has 18 heavy (non-hydrogen) atoms. The minimum absolute atomic E-state index is 0.184. The molecule has 0 aromatic carbocycles. The first-order valence-electron chi connectivity index (χ1n) is 5.24. The number of rotatable bonds is 4. The van der Waals surface area contributed by atoms with Gasteiger partial charge in [0, 0.05) is 4.88 Å². The number of aromatic nitrogens is 3. The molecule has 0 atom stereocenters. The van der Waals surface area contributed by atoms with E-state index < -0.39 is 5.97 Å². The van der Waals surface area contributed by atoms with Crippen LogP contribution in [0.3, 0.4) is 0 Å². The maximum Gasteiger partial charge on any atom is 0.358 e. The minimum Gasteiger partial charge on any atom is -0.464 e. The van der Waals surface area contributed by atoms with Gasteiger partial charge in [-0.05, 0) is 6.92 Å². The molecule has 94 valence electrons. The summed E-state index contributed by atoms with van der Waals surface area (Å²) in [5, 5.41) is 3.10. The summed E-state index contributed by atoms with van der Waals surface area (Å²) in [6, 6.07) is 0. The van der Waals surface area contributed by atoms with Gasteiger partial charge < -0.3 is 10.1 Å². The van der Waals surface area contributed by atoms with Crippen molar-refractivity contribution in [2.45, 2.75) is 13.5 Å². The first-order chi connectivity index (χ1) is 8.70. The highest BCUT2D eigenvalue weighted by Crippen LogP contribution is 2.14. The monoisotopic (exact) mass is 264 g/mol. The van der Waals surface area contributed by atoms with Gasteiger partial charge in [-0.1, -0.05) is 0 Å². The Labute approximate surface area is 108 Å². The number of ether oxygens (including phenoxy) is 1. The van der Waals surface area contributed by atoms with E-state index in [0.717, 1.165) is 10.6 Å². The van der Waals surface area contributed by atoms with Gasteiger partial charge in [-0.3, -0.25) is 4.98 Å². The Morgan fingerprint density at radius 3 is 3.00 bits per heavy atom. The lowest BCUT2D eigenvalue weighted by Gasteiger charge is -2.05. The van der Waals surface area contributed by atoms with E-state index in [2.05, 4.69) is 25.0 Å². The van der Waals surface area contributed by atoms with Crippen molar-refractivity contribution >= 4 is 23.1 Å². The van der Waals surface area contributed by atoms with Gasteiger partial charge in [0.25, 0.3) is 0 Å². The number of carbonyl (C=O) groups is 1. The second-order valence-electron chi connectivity index (χ2n) is 3.50. The number of anilines is 1. The van der Waals surface area contributed by atoms with Gasteiger partial charge in [0.05, 0.1) is 37.3 Å². The Morgan fingerprint density at radius 2 is 2.33 bits per heavy atom. The van der Waals surface area contributed by atoms with Gasteiger partial charge in [-0.15, -0.1) is 11.3 Å². The zero-order valence-electron chi connectivity index (χ0n) is 10.0. The second-order valence-corrected chi connectivity index (χ2v) is 4.43. The zero-order valence-corrected chi connectivity index (χ0v) is 10.8. The molecule has 2 rings (SSSR count). The van der Waals surface area contributed by atoms with Crippen LogP contribution >= 0.6 is 11.3 Å². The summed E-state index contributed by atoms with van der Waals surface area (Å²) < 4.78 is 4.58. The molecule has 2 aromatic rings. The Hall–Kier alpha value is -2.02. The number of methoxy groups -OCH3 is 1. The van der Waals surface area contributed by atoms with Crippen LogP contribution in [0.15, 0.2) is 17.9 Å². The largest absolute Gasteiger partial charge is 0.464 e. The van der Waals surface area contributed by atoms with Gasteiger partial charge in [0.1, 0.15) is 5.82 Å². The van der Waals surface area contributed by atoms with E-state index in [-0.39, 0.29) is 5.69 Å². The quantitative estimate of drug-likeness (QED) is 0.846. The number of hydrogen-bond acceptors (Lipinski definition) is 7. The van der Waals surface area contributed by atoms with Crippen molar-refractivity contribution in [2.24, 2.45) is 0 Å². The topological polar surface area (TPSA) is 77.0 Å². The first kappa shape index (κ1) is 12.4. The Morgan fingerprint density at radius 1 is 1.50 bits per heavy atom. The van der Waals surface area contributed by atoms with Crippen LogP contribution in [0.5, 0.6) is 0 Å². The average Bonchev–Trinajstić information content (AvgIpc) is 2.81. The van der Waals surface area contributed by atoms with Gasteiger partial charge in [0.15, 0.2) is 5.69 Å². The van der Waals surface area contributed by atoms with Crippen LogP contribution in [0.25, 0.3) is 0 Å². The highest BCUT2D eigenvalue weighted by atomic mass is 32.1. The Balaban J connectivity index is 2.06. The molecular formula is C11H12N4O2S. The normalized spacial score (nSPS) is 10.1. The molecule has 0 saturated heterocycles. The molecule has 2 aromatic heterocycles. The van der Waals surface area contributed by atoms with E-state index in [1.54, 1.807) is 23.0 Å². The third-order valence-electron chi connectivity index (χ3n) is 2.30. The average molecular weight is 264 g/mol. The van der Waals surface area contributed by atoms with E-state index in [4.69, 9.17) is 0 Å². The molecule has 0 saturated carbocycles. The number of carbonyl (C=O) groups excluding carboxylic acids is 1. The molecule has 0 aliphatic carbocycles. The molecule has 2 heterocycles. The Kier molecular flexibility index (Phi) is 3.83. The van der Waals surface area contributed by atoms with Crippen molar-refractivity contribution < 1.29 is 9.53 Å². The summed E-state index contributed by atoms with van der Waals surface area (Å²) in [6.45, 7) is 2.56. The first-order valence-corrected chi connectivity index (χ1v) is 6.12. The molecule has 0 aliphatic heterocycles.